The number of aryl methyl sites for hydroxylation is 2. The van der Waals surface area contributed by atoms with Gasteiger partial charge in [0.05, 0.1) is 23.3 Å². The number of hydrogen-bond donors (Lipinski definition) is 1. The highest BCUT2D eigenvalue weighted by atomic mass is 79.9. The van der Waals surface area contributed by atoms with Crippen molar-refractivity contribution in [2.75, 3.05) is 6.54 Å². The smallest absolute Gasteiger partial charge is 0.227 e. The third-order valence-corrected chi connectivity index (χ3v) is 5.33. The van der Waals surface area contributed by atoms with E-state index in [0.717, 1.165) is 52.6 Å². The molecular formula is C23H24BrN5O. The fourth-order valence-electron chi connectivity index (χ4n) is 3.22. The van der Waals surface area contributed by atoms with Gasteiger partial charge in [0.2, 0.25) is 5.88 Å². The summed E-state index contributed by atoms with van der Waals surface area (Å²) in [5.74, 6) is 1.51. The van der Waals surface area contributed by atoms with Crippen LogP contribution in [0, 0.1) is 6.92 Å². The van der Waals surface area contributed by atoms with Crippen LogP contribution < -0.4 is 10.1 Å². The van der Waals surface area contributed by atoms with Crippen molar-refractivity contribution in [1.82, 2.24) is 24.6 Å². The number of imidazole rings is 1. The molecule has 1 N–H and O–H groups in total. The van der Waals surface area contributed by atoms with E-state index in [4.69, 9.17) is 9.84 Å². The Hall–Kier alpha value is -2.90. The van der Waals surface area contributed by atoms with Crippen molar-refractivity contribution in [3.8, 4) is 17.3 Å². The maximum Gasteiger partial charge on any atom is 0.227 e. The number of para-hydroxylation sites is 1. The number of nitrogens with zero attached hydrogens (tertiary/aromatic N) is 4. The van der Waals surface area contributed by atoms with Crippen molar-refractivity contribution in [3.63, 3.8) is 0 Å². The molecule has 0 bridgehead atoms. The summed E-state index contributed by atoms with van der Waals surface area (Å²) in [6, 6.07) is 17.9. The Balaban J connectivity index is 1.52. The van der Waals surface area contributed by atoms with E-state index in [2.05, 4.69) is 30.8 Å². The predicted octanol–water partition coefficient (Wildman–Crippen LogP) is 5.11. The van der Waals surface area contributed by atoms with Gasteiger partial charge in [-0.15, -0.1) is 0 Å². The van der Waals surface area contributed by atoms with Crippen LogP contribution in [-0.4, -0.2) is 25.9 Å². The molecule has 0 aliphatic carbocycles. The van der Waals surface area contributed by atoms with Crippen LogP contribution in [-0.2, 0) is 13.1 Å². The molecular weight excluding hydrogens is 442 g/mol. The molecule has 30 heavy (non-hydrogen) atoms. The Morgan fingerprint density at radius 1 is 1.07 bits per heavy atom. The molecule has 0 atom stereocenters. The third kappa shape index (κ3) is 4.98. The highest BCUT2D eigenvalue weighted by Crippen LogP contribution is 2.31. The fourth-order valence-corrected chi connectivity index (χ4v) is 3.49. The van der Waals surface area contributed by atoms with Gasteiger partial charge >= 0.3 is 0 Å². The lowest BCUT2D eigenvalue weighted by Crippen LogP contribution is -2.17. The van der Waals surface area contributed by atoms with E-state index in [1.807, 2.05) is 78.7 Å². The van der Waals surface area contributed by atoms with E-state index in [9.17, 15) is 0 Å². The summed E-state index contributed by atoms with van der Waals surface area (Å²) in [7, 11) is 0. The van der Waals surface area contributed by atoms with Gasteiger partial charge < -0.3 is 14.6 Å². The summed E-state index contributed by atoms with van der Waals surface area (Å²) in [6.07, 6.45) is 6.65. The van der Waals surface area contributed by atoms with Gasteiger partial charge in [-0.2, -0.15) is 5.10 Å². The van der Waals surface area contributed by atoms with Crippen molar-refractivity contribution in [3.05, 3.63) is 89.0 Å². The van der Waals surface area contributed by atoms with Crippen LogP contribution in [0.2, 0.25) is 0 Å². The first kappa shape index (κ1) is 20.4. The Labute approximate surface area is 184 Å². The molecule has 0 radical (unpaired) electrons. The molecule has 2 heterocycles. The zero-order valence-electron chi connectivity index (χ0n) is 16.8. The molecule has 4 rings (SSSR count). The number of benzene rings is 2. The van der Waals surface area contributed by atoms with Gasteiger partial charge in [-0.25, -0.2) is 9.67 Å². The standard InChI is InChI=1S/C23H24BrN5O/c1-18-22(16-25-12-5-14-28-15-13-26-17-28)23(30-21-10-8-19(24)9-11-21)29(27-18)20-6-3-2-4-7-20/h2-4,6-11,13,15,17,25H,5,12,14,16H2,1H3. The molecule has 7 heteroatoms. The Kier molecular flexibility index (Phi) is 6.61. The molecule has 0 saturated carbocycles. The maximum absolute atomic E-state index is 6.31. The summed E-state index contributed by atoms with van der Waals surface area (Å²) in [4.78, 5) is 4.08. The summed E-state index contributed by atoms with van der Waals surface area (Å²) >= 11 is 3.48. The lowest BCUT2D eigenvalue weighted by Gasteiger charge is -2.12. The molecule has 2 aromatic heterocycles. The summed E-state index contributed by atoms with van der Waals surface area (Å²) in [5, 5.41) is 8.29. The molecule has 2 aromatic carbocycles. The van der Waals surface area contributed by atoms with Crippen molar-refractivity contribution >= 4 is 15.9 Å². The zero-order valence-corrected chi connectivity index (χ0v) is 18.4. The first-order chi connectivity index (χ1) is 14.7. The highest BCUT2D eigenvalue weighted by molar-refractivity contribution is 9.10. The van der Waals surface area contributed by atoms with Crippen LogP contribution in [0.4, 0.5) is 0 Å². The normalized spacial score (nSPS) is 11.0. The first-order valence-electron chi connectivity index (χ1n) is 9.94. The van der Waals surface area contributed by atoms with E-state index in [1.54, 1.807) is 6.20 Å². The quantitative estimate of drug-likeness (QED) is 0.348. The first-order valence-corrected chi connectivity index (χ1v) is 10.7. The lowest BCUT2D eigenvalue weighted by molar-refractivity contribution is 0.436. The average molecular weight is 466 g/mol. The van der Waals surface area contributed by atoms with Crippen molar-refractivity contribution < 1.29 is 4.74 Å². The molecule has 0 amide bonds. The molecule has 4 aromatic rings. The lowest BCUT2D eigenvalue weighted by atomic mass is 10.2. The Morgan fingerprint density at radius 2 is 1.87 bits per heavy atom. The number of aromatic nitrogens is 4. The van der Waals surface area contributed by atoms with Crippen molar-refractivity contribution in [2.24, 2.45) is 0 Å². The second kappa shape index (κ2) is 9.73. The second-order valence-corrected chi connectivity index (χ2v) is 7.92. The van der Waals surface area contributed by atoms with Crippen LogP contribution in [0.5, 0.6) is 11.6 Å². The SMILES string of the molecule is Cc1nn(-c2ccccc2)c(Oc2ccc(Br)cc2)c1CNCCCn1ccnc1. The van der Waals surface area contributed by atoms with Gasteiger partial charge in [0.25, 0.3) is 0 Å². The molecule has 0 saturated heterocycles. The van der Waals surface area contributed by atoms with E-state index >= 15 is 0 Å². The van der Waals surface area contributed by atoms with E-state index in [0.29, 0.717) is 6.54 Å². The fraction of sp³-hybridized carbons (Fsp3) is 0.217. The van der Waals surface area contributed by atoms with Crippen LogP contribution in [0.15, 0.2) is 77.8 Å². The maximum atomic E-state index is 6.31. The van der Waals surface area contributed by atoms with Gasteiger partial charge in [0.15, 0.2) is 0 Å². The second-order valence-electron chi connectivity index (χ2n) is 7.00. The van der Waals surface area contributed by atoms with Gasteiger partial charge in [0.1, 0.15) is 5.75 Å². The molecule has 0 aliphatic rings. The molecule has 6 nitrogen and oxygen atoms in total. The number of hydrogen-bond acceptors (Lipinski definition) is 4. The Morgan fingerprint density at radius 3 is 2.60 bits per heavy atom. The summed E-state index contributed by atoms with van der Waals surface area (Å²) in [5.41, 5.74) is 2.98. The molecule has 154 valence electrons. The number of ether oxygens (including phenoxy) is 1. The topological polar surface area (TPSA) is 56.9 Å². The molecule has 0 fully saturated rings. The minimum absolute atomic E-state index is 0.689. The van der Waals surface area contributed by atoms with Gasteiger partial charge in [-0.05, 0) is 56.3 Å². The highest BCUT2D eigenvalue weighted by Gasteiger charge is 2.18. The van der Waals surface area contributed by atoms with Crippen molar-refractivity contribution in [1.29, 1.82) is 0 Å². The minimum atomic E-state index is 0.689. The number of halogens is 1. The van der Waals surface area contributed by atoms with Crippen LogP contribution in [0.25, 0.3) is 5.69 Å². The molecule has 0 spiro atoms. The zero-order chi connectivity index (χ0) is 20.8. The number of rotatable bonds is 9. The summed E-state index contributed by atoms with van der Waals surface area (Å²) in [6.45, 7) is 4.55. The largest absolute Gasteiger partial charge is 0.439 e. The minimum Gasteiger partial charge on any atom is -0.439 e. The van der Waals surface area contributed by atoms with Gasteiger partial charge in [-0.3, -0.25) is 0 Å². The van der Waals surface area contributed by atoms with E-state index in [-0.39, 0.29) is 0 Å². The monoisotopic (exact) mass is 465 g/mol. The van der Waals surface area contributed by atoms with E-state index < -0.39 is 0 Å². The van der Waals surface area contributed by atoms with Crippen LogP contribution in [0.1, 0.15) is 17.7 Å². The Bertz CT molecular complexity index is 1060. The molecule has 0 aliphatic heterocycles. The summed E-state index contributed by atoms with van der Waals surface area (Å²) < 4.78 is 11.3. The van der Waals surface area contributed by atoms with Gasteiger partial charge in [0, 0.05) is 30.0 Å². The van der Waals surface area contributed by atoms with Crippen molar-refractivity contribution in [2.45, 2.75) is 26.4 Å². The molecule has 0 unspecified atom stereocenters. The van der Waals surface area contributed by atoms with E-state index in [1.165, 1.54) is 0 Å². The van der Waals surface area contributed by atoms with Crippen LogP contribution in [0.3, 0.4) is 0 Å². The van der Waals surface area contributed by atoms with Crippen LogP contribution >= 0.6 is 15.9 Å². The third-order valence-electron chi connectivity index (χ3n) is 4.80. The predicted molar refractivity (Wildman–Crippen MR) is 121 cm³/mol. The number of nitrogens with one attached hydrogen (secondary N) is 1. The average Bonchev–Trinajstić information content (AvgIpc) is 3.39. The van der Waals surface area contributed by atoms with Gasteiger partial charge in [-0.1, -0.05) is 34.1 Å².